The highest BCUT2D eigenvalue weighted by atomic mass is 35.5. The van der Waals surface area contributed by atoms with Crippen LogP contribution in [-0.2, 0) is 29.1 Å². The Morgan fingerprint density at radius 2 is 1.85 bits per heavy atom. The van der Waals surface area contributed by atoms with E-state index in [0.717, 1.165) is 6.42 Å². The Kier molecular flexibility index (Phi) is 10.5. The number of benzene rings is 1. The summed E-state index contributed by atoms with van der Waals surface area (Å²) in [7, 11) is -4.00. The van der Waals surface area contributed by atoms with E-state index in [1.807, 2.05) is 19.1 Å². The molecule has 3 fully saturated rings. The van der Waals surface area contributed by atoms with Crippen LogP contribution in [0.2, 0.25) is 5.02 Å². The van der Waals surface area contributed by atoms with E-state index >= 15 is 0 Å². The van der Waals surface area contributed by atoms with E-state index < -0.39 is 73.8 Å². The lowest BCUT2D eigenvalue weighted by molar-refractivity contribution is -0.142. The number of para-hydroxylation sites is 1. The number of nitrogens with zero attached hydrogens (tertiary/aromatic N) is 3. The molecule has 6 rings (SSSR count). The predicted molar refractivity (Wildman–Crippen MR) is 197 cm³/mol. The summed E-state index contributed by atoms with van der Waals surface area (Å²) < 4.78 is 39.4. The lowest BCUT2D eigenvalue weighted by atomic mass is 9.88. The van der Waals surface area contributed by atoms with Gasteiger partial charge in [0, 0.05) is 12.3 Å². The van der Waals surface area contributed by atoms with E-state index in [1.54, 1.807) is 45.9 Å². The second-order valence-corrected chi connectivity index (χ2v) is 19.0. The van der Waals surface area contributed by atoms with Gasteiger partial charge in [0.05, 0.1) is 27.2 Å². The first-order chi connectivity index (χ1) is 24.8. The smallest absolute Gasteiger partial charge is 0.408 e. The van der Waals surface area contributed by atoms with Gasteiger partial charge in [-0.2, -0.15) is 0 Å². The third-order valence-electron chi connectivity index (χ3n) is 10.8. The molecule has 1 saturated heterocycles. The molecule has 0 unspecified atom stereocenters. The summed E-state index contributed by atoms with van der Waals surface area (Å²) in [6.07, 6.45) is 6.72. The van der Waals surface area contributed by atoms with Crippen LogP contribution in [0.5, 0.6) is 5.88 Å². The fourth-order valence-corrected chi connectivity index (χ4v) is 8.85. The average molecular weight is 773 g/mol. The van der Waals surface area contributed by atoms with Crippen molar-refractivity contribution in [2.75, 3.05) is 6.54 Å². The number of halogens is 1. The minimum atomic E-state index is -4.00. The molecule has 4 amide bonds. The van der Waals surface area contributed by atoms with Crippen LogP contribution in [0.15, 0.2) is 36.7 Å². The Morgan fingerprint density at radius 1 is 1.11 bits per heavy atom. The maximum atomic E-state index is 14.7. The predicted octanol–water partition coefficient (Wildman–Crippen LogP) is 4.41. The fraction of sp³-hybridized carbons (Fsp3) is 0.622. The Hall–Kier alpha value is -3.98. The molecule has 1 aromatic carbocycles. The first-order valence-corrected chi connectivity index (χ1v) is 20.1. The molecule has 0 spiro atoms. The van der Waals surface area contributed by atoms with Gasteiger partial charge in [-0.05, 0) is 90.2 Å². The highest BCUT2D eigenvalue weighted by Gasteiger charge is 2.63. The molecule has 0 bridgehead atoms. The molecule has 288 valence electrons. The molecule has 3 N–H and O–H groups in total. The van der Waals surface area contributed by atoms with E-state index in [0.29, 0.717) is 41.6 Å². The molecule has 16 heteroatoms. The molecule has 3 heterocycles. The van der Waals surface area contributed by atoms with Crippen LogP contribution in [-0.4, -0.2) is 87.7 Å². The van der Waals surface area contributed by atoms with Gasteiger partial charge in [0.15, 0.2) is 0 Å². The van der Waals surface area contributed by atoms with Crippen molar-refractivity contribution in [3.63, 3.8) is 0 Å². The molecule has 2 saturated carbocycles. The number of aromatic nitrogens is 2. The number of carbonyl (C=O) groups excluding carboxylic acids is 4. The summed E-state index contributed by atoms with van der Waals surface area (Å²) in [5, 5.41) is 6.62. The van der Waals surface area contributed by atoms with Crippen LogP contribution in [0.25, 0.3) is 10.9 Å². The zero-order valence-corrected chi connectivity index (χ0v) is 32.6. The quantitative estimate of drug-likeness (QED) is 0.355. The van der Waals surface area contributed by atoms with Crippen molar-refractivity contribution in [2.24, 2.45) is 17.8 Å². The molecule has 53 heavy (non-hydrogen) atoms. The Balaban J connectivity index is 1.35. The maximum Gasteiger partial charge on any atom is 0.408 e. The topological polar surface area (TPSA) is 186 Å². The third-order valence-corrected chi connectivity index (χ3v) is 13.2. The lowest BCUT2D eigenvalue weighted by Crippen LogP contribution is -2.59. The van der Waals surface area contributed by atoms with Crippen LogP contribution in [0, 0.1) is 17.8 Å². The van der Waals surface area contributed by atoms with Gasteiger partial charge in [-0.3, -0.25) is 19.1 Å². The fourth-order valence-electron chi connectivity index (χ4n) is 7.31. The standard InChI is InChI=1S/C37H49ClN6O8S/c1-21-10-7-8-11-23-18-37(23,33(47)43-53(49,50)36(6)14-15-36)42-30(45)27-17-24(51-31-25-12-9-13-26(38)29(25)39-20-40-31)19-44(27)32(46)28(22(2)16-21)41-34(48)52-35(3,4)5/h8-9,11-13,20-24,27-28H,7,10,14-19H2,1-6H3,(H,41,48)(H,42,45)(H,43,47)/b11-8-/t21-,22-,23-,24-,27+,28+,37-/m1/s1. The van der Waals surface area contributed by atoms with Gasteiger partial charge >= 0.3 is 6.09 Å². The highest BCUT2D eigenvalue weighted by molar-refractivity contribution is 7.91. The molecule has 0 radical (unpaired) electrons. The molecule has 4 aliphatic rings. The Morgan fingerprint density at radius 3 is 2.55 bits per heavy atom. The third kappa shape index (κ3) is 8.25. The molecular formula is C37H49ClN6O8S. The van der Waals surface area contributed by atoms with Gasteiger partial charge < -0.3 is 25.0 Å². The lowest BCUT2D eigenvalue weighted by Gasteiger charge is -2.33. The van der Waals surface area contributed by atoms with Gasteiger partial charge in [-0.15, -0.1) is 0 Å². The van der Waals surface area contributed by atoms with Gasteiger partial charge in [0.25, 0.3) is 5.91 Å². The number of carbonyl (C=O) groups is 4. The number of alkyl carbamates (subject to hydrolysis) is 1. The number of sulfonamides is 1. The number of amides is 4. The van der Waals surface area contributed by atoms with E-state index in [1.165, 1.54) is 11.2 Å². The molecule has 7 atom stereocenters. The normalized spacial score (nSPS) is 30.8. The number of ether oxygens (including phenoxy) is 2. The molecule has 1 aromatic heterocycles. The second-order valence-electron chi connectivity index (χ2n) is 16.4. The summed E-state index contributed by atoms with van der Waals surface area (Å²) in [5.74, 6) is -2.41. The van der Waals surface area contributed by atoms with Crippen LogP contribution < -0.4 is 20.1 Å². The maximum absolute atomic E-state index is 14.7. The van der Waals surface area contributed by atoms with Crippen molar-refractivity contribution >= 4 is 56.3 Å². The largest absolute Gasteiger partial charge is 0.472 e. The number of hydrogen-bond acceptors (Lipinski definition) is 10. The van der Waals surface area contributed by atoms with Crippen molar-refractivity contribution in [1.82, 2.24) is 30.2 Å². The SMILES string of the molecule is C[C@@H]1CC/C=C\[C@@H]2C[C@@]2(C(=O)NS(=O)(=O)C2(C)CC2)NC(=O)[C@@H]2C[C@@H](Oc3ncnc4c(Cl)cccc34)CN2C(=O)[C@@H](NC(=O)OC(C)(C)C)[C@H](C)C1. The summed E-state index contributed by atoms with van der Waals surface area (Å²) in [5.41, 5.74) is -1.89. The monoisotopic (exact) mass is 772 g/mol. The van der Waals surface area contributed by atoms with E-state index in [9.17, 15) is 27.6 Å². The van der Waals surface area contributed by atoms with E-state index in [2.05, 4.69) is 32.2 Å². The van der Waals surface area contributed by atoms with Crippen molar-refractivity contribution in [3.8, 4) is 5.88 Å². The van der Waals surface area contributed by atoms with Crippen LogP contribution in [0.1, 0.15) is 86.5 Å². The van der Waals surface area contributed by atoms with Crippen molar-refractivity contribution in [3.05, 3.63) is 41.7 Å². The number of allylic oxidation sites excluding steroid dienone is 1. The molecule has 2 aromatic rings. The van der Waals surface area contributed by atoms with E-state index in [4.69, 9.17) is 21.1 Å². The minimum Gasteiger partial charge on any atom is -0.472 e. The van der Waals surface area contributed by atoms with Crippen molar-refractivity contribution in [1.29, 1.82) is 0 Å². The molecular weight excluding hydrogens is 724 g/mol. The summed E-state index contributed by atoms with van der Waals surface area (Å²) in [6.45, 7) is 10.7. The number of hydrogen-bond donors (Lipinski definition) is 3. The van der Waals surface area contributed by atoms with Crippen molar-refractivity contribution in [2.45, 2.75) is 121 Å². The molecule has 14 nitrogen and oxygen atoms in total. The van der Waals surface area contributed by atoms with Crippen LogP contribution in [0.3, 0.4) is 0 Å². The first-order valence-electron chi connectivity index (χ1n) is 18.2. The second kappa shape index (κ2) is 14.3. The number of rotatable bonds is 6. The zero-order valence-electron chi connectivity index (χ0n) is 31.0. The Labute approximate surface area is 315 Å². The first kappa shape index (κ1) is 38.7. The van der Waals surface area contributed by atoms with E-state index in [-0.39, 0.29) is 37.1 Å². The summed E-state index contributed by atoms with van der Waals surface area (Å²) in [6, 6.07) is 2.98. The molecule has 2 aliphatic heterocycles. The summed E-state index contributed by atoms with van der Waals surface area (Å²) in [4.78, 5) is 66.1. The van der Waals surface area contributed by atoms with Crippen LogP contribution in [0.4, 0.5) is 4.79 Å². The zero-order chi connectivity index (χ0) is 38.5. The van der Waals surface area contributed by atoms with Gasteiger partial charge in [0.2, 0.25) is 27.7 Å². The average Bonchev–Trinajstić information content (AvgIpc) is 3.95. The van der Waals surface area contributed by atoms with Crippen molar-refractivity contribution < 1.29 is 37.1 Å². The summed E-state index contributed by atoms with van der Waals surface area (Å²) >= 11 is 6.39. The highest BCUT2D eigenvalue weighted by Crippen LogP contribution is 2.47. The minimum absolute atomic E-state index is 0.0160. The number of nitrogens with one attached hydrogen (secondary N) is 3. The molecule has 2 aliphatic carbocycles. The number of fused-ring (bicyclic) bond motifs is 3. The van der Waals surface area contributed by atoms with Gasteiger partial charge in [-0.1, -0.05) is 43.7 Å². The van der Waals surface area contributed by atoms with Crippen LogP contribution >= 0.6 is 11.6 Å². The van der Waals surface area contributed by atoms with Gasteiger partial charge in [0.1, 0.15) is 35.7 Å². The Bertz CT molecular complexity index is 1930. The van der Waals surface area contributed by atoms with Gasteiger partial charge in [-0.25, -0.2) is 23.2 Å².